The second-order valence-corrected chi connectivity index (χ2v) is 8.27. The molecule has 0 unspecified atom stereocenters. The number of hydrogen-bond donors (Lipinski definition) is 2. The Morgan fingerprint density at radius 3 is 2.36 bits per heavy atom. The van der Waals surface area contributed by atoms with Crippen molar-refractivity contribution < 1.29 is 13.2 Å². The van der Waals surface area contributed by atoms with E-state index in [1.165, 1.54) is 12.1 Å². The molecule has 3 aromatic rings. The molecule has 3 aromatic carbocycles. The van der Waals surface area contributed by atoms with Crippen LogP contribution < -0.4 is 10.0 Å². The van der Waals surface area contributed by atoms with Gasteiger partial charge in [-0.15, -0.1) is 0 Å². The highest BCUT2D eigenvalue weighted by atomic mass is 35.5. The SMILES string of the molecule is O=C(CCNS(=O)(=O)c1cccc(Cl)c1)Nc1ccccc1-c1ccccc1. The van der Waals surface area contributed by atoms with Crippen LogP contribution in [0.3, 0.4) is 0 Å². The van der Waals surface area contributed by atoms with Gasteiger partial charge in [-0.25, -0.2) is 13.1 Å². The van der Waals surface area contributed by atoms with Gasteiger partial charge in [0.05, 0.1) is 4.90 Å². The van der Waals surface area contributed by atoms with Crippen LogP contribution in [-0.4, -0.2) is 20.9 Å². The van der Waals surface area contributed by atoms with Crippen LogP contribution in [0.25, 0.3) is 11.1 Å². The van der Waals surface area contributed by atoms with Crippen molar-refractivity contribution in [3.05, 3.63) is 83.9 Å². The fourth-order valence-corrected chi connectivity index (χ4v) is 4.02. The summed E-state index contributed by atoms with van der Waals surface area (Å²) in [6.45, 7) is -0.0197. The number of rotatable bonds is 7. The topological polar surface area (TPSA) is 75.3 Å². The van der Waals surface area contributed by atoms with Gasteiger partial charge in [-0.1, -0.05) is 66.2 Å². The highest BCUT2D eigenvalue weighted by Gasteiger charge is 2.15. The van der Waals surface area contributed by atoms with E-state index in [1.54, 1.807) is 12.1 Å². The van der Waals surface area contributed by atoms with Crippen molar-refractivity contribution in [2.45, 2.75) is 11.3 Å². The fraction of sp³-hybridized carbons (Fsp3) is 0.0952. The van der Waals surface area contributed by atoms with E-state index in [1.807, 2.05) is 54.6 Å². The van der Waals surface area contributed by atoms with Crippen LogP contribution in [0.1, 0.15) is 6.42 Å². The van der Waals surface area contributed by atoms with Crippen LogP contribution in [0.15, 0.2) is 83.8 Å². The van der Waals surface area contributed by atoms with Gasteiger partial charge in [0.15, 0.2) is 0 Å². The third-order valence-electron chi connectivity index (χ3n) is 4.04. The summed E-state index contributed by atoms with van der Waals surface area (Å²) in [6.07, 6.45) is 0.00290. The van der Waals surface area contributed by atoms with E-state index in [-0.39, 0.29) is 23.8 Å². The molecule has 0 saturated carbocycles. The van der Waals surface area contributed by atoms with E-state index in [4.69, 9.17) is 11.6 Å². The van der Waals surface area contributed by atoms with Gasteiger partial charge in [-0.3, -0.25) is 4.79 Å². The van der Waals surface area contributed by atoms with Gasteiger partial charge < -0.3 is 5.32 Å². The lowest BCUT2D eigenvalue weighted by Crippen LogP contribution is -2.27. The first-order chi connectivity index (χ1) is 13.5. The van der Waals surface area contributed by atoms with Crippen molar-refractivity contribution in [2.24, 2.45) is 0 Å². The van der Waals surface area contributed by atoms with E-state index in [0.717, 1.165) is 11.1 Å². The van der Waals surface area contributed by atoms with Crippen LogP contribution in [-0.2, 0) is 14.8 Å². The Morgan fingerprint density at radius 1 is 0.893 bits per heavy atom. The molecule has 7 heteroatoms. The minimum absolute atomic E-state index is 0.00290. The Hall–Kier alpha value is -2.67. The molecule has 0 spiro atoms. The maximum Gasteiger partial charge on any atom is 0.240 e. The predicted molar refractivity (Wildman–Crippen MR) is 112 cm³/mol. The minimum Gasteiger partial charge on any atom is -0.325 e. The van der Waals surface area contributed by atoms with Crippen LogP contribution in [0, 0.1) is 0 Å². The molecular formula is C21H19ClN2O3S. The van der Waals surface area contributed by atoms with Gasteiger partial charge in [0.25, 0.3) is 0 Å². The van der Waals surface area contributed by atoms with E-state index < -0.39 is 10.0 Å². The maximum atomic E-state index is 12.3. The zero-order valence-electron chi connectivity index (χ0n) is 14.9. The number of anilines is 1. The van der Waals surface area contributed by atoms with E-state index >= 15 is 0 Å². The van der Waals surface area contributed by atoms with Crippen molar-refractivity contribution >= 4 is 33.2 Å². The first kappa shape index (κ1) is 20.1. The molecule has 0 radical (unpaired) electrons. The molecule has 0 aliphatic heterocycles. The Kier molecular flexibility index (Phi) is 6.46. The summed E-state index contributed by atoms with van der Waals surface area (Å²) in [7, 11) is -3.72. The molecule has 144 valence electrons. The number of para-hydroxylation sites is 1. The number of halogens is 1. The third-order valence-corrected chi connectivity index (χ3v) is 5.73. The zero-order valence-corrected chi connectivity index (χ0v) is 16.5. The molecule has 0 bridgehead atoms. The number of sulfonamides is 1. The Labute approximate surface area is 169 Å². The molecular weight excluding hydrogens is 396 g/mol. The Balaban J connectivity index is 1.61. The molecule has 3 rings (SSSR count). The molecule has 0 heterocycles. The monoisotopic (exact) mass is 414 g/mol. The molecule has 0 aromatic heterocycles. The summed E-state index contributed by atoms with van der Waals surface area (Å²) < 4.78 is 26.9. The highest BCUT2D eigenvalue weighted by Crippen LogP contribution is 2.27. The first-order valence-electron chi connectivity index (χ1n) is 8.65. The predicted octanol–water partition coefficient (Wildman–Crippen LogP) is 4.31. The van der Waals surface area contributed by atoms with Gasteiger partial charge in [0, 0.05) is 29.2 Å². The Bertz CT molecular complexity index is 1070. The number of amides is 1. The number of carbonyl (C=O) groups is 1. The average molecular weight is 415 g/mol. The first-order valence-corrected chi connectivity index (χ1v) is 10.5. The summed E-state index contributed by atoms with van der Waals surface area (Å²) in [5.74, 6) is -0.280. The molecule has 5 nitrogen and oxygen atoms in total. The second kappa shape index (κ2) is 9.01. The zero-order chi connectivity index (χ0) is 20.0. The number of carbonyl (C=O) groups excluding carboxylic acids is 1. The van der Waals surface area contributed by atoms with Gasteiger partial charge in [-0.2, -0.15) is 0 Å². The summed E-state index contributed by atoms with van der Waals surface area (Å²) >= 11 is 5.83. The summed E-state index contributed by atoms with van der Waals surface area (Å²) in [6, 6.07) is 23.2. The molecule has 2 N–H and O–H groups in total. The number of benzene rings is 3. The summed E-state index contributed by atoms with van der Waals surface area (Å²) in [4.78, 5) is 12.4. The van der Waals surface area contributed by atoms with Crippen molar-refractivity contribution in [3.8, 4) is 11.1 Å². The molecule has 1 amide bonds. The molecule has 0 fully saturated rings. The van der Waals surface area contributed by atoms with Crippen LogP contribution in [0.4, 0.5) is 5.69 Å². The van der Waals surface area contributed by atoms with Gasteiger partial charge in [0.1, 0.15) is 0 Å². The van der Waals surface area contributed by atoms with Gasteiger partial charge in [0.2, 0.25) is 15.9 Å². The van der Waals surface area contributed by atoms with E-state index in [0.29, 0.717) is 10.7 Å². The highest BCUT2D eigenvalue weighted by molar-refractivity contribution is 7.89. The van der Waals surface area contributed by atoms with Crippen molar-refractivity contribution in [3.63, 3.8) is 0 Å². The van der Waals surface area contributed by atoms with Gasteiger partial charge in [-0.05, 0) is 29.8 Å². The van der Waals surface area contributed by atoms with Crippen molar-refractivity contribution in [2.75, 3.05) is 11.9 Å². The van der Waals surface area contributed by atoms with E-state index in [2.05, 4.69) is 10.0 Å². The molecule has 0 aliphatic carbocycles. The molecule has 0 aliphatic rings. The number of hydrogen-bond acceptors (Lipinski definition) is 3. The minimum atomic E-state index is -3.72. The molecule has 28 heavy (non-hydrogen) atoms. The van der Waals surface area contributed by atoms with Crippen LogP contribution >= 0.6 is 11.6 Å². The average Bonchev–Trinajstić information content (AvgIpc) is 2.69. The second-order valence-electron chi connectivity index (χ2n) is 6.06. The standard InChI is InChI=1S/C21H19ClN2O3S/c22-17-9-6-10-18(15-17)28(26,27)23-14-13-21(25)24-20-12-5-4-11-19(20)16-7-2-1-3-8-16/h1-12,15,23H,13-14H2,(H,24,25). The van der Waals surface area contributed by atoms with Crippen molar-refractivity contribution in [1.82, 2.24) is 4.72 Å². The summed E-state index contributed by atoms with van der Waals surface area (Å²) in [5, 5.41) is 3.18. The smallest absolute Gasteiger partial charge is 0.240 e. The third kappa shape index (κ3) is 5.19. The normalized spacial score (nSPS) is 11.2. The number of nitrogens with one attached hydrogen (secondary N) is 2. The molecule has 0 saturated heterocycles. The van der Waals surface area contributed by atoms with Gasteiger partial charge >= 0.3 is 0 Å². The lowest BCUT2D eigenvalue weighted by atomic mass is 10.0. The van der Waals surface area contributed by atoms with Crippen molar-refractivity contribution in [1.29, 1.82) is 0 Å². The fourth-order valence-electron chi connectivity index (χ4n) is 2.69. The van der Waals surface area contributed by atoms with E-state index in [9.17, 15) is 13.2 Å². The lowest BCUT2D eigenvalue weighted by molar-refractivity contribution is -0.116. The van der Waals surface area contributed by atoms with Crippen LogP contribution in [0.2, 0.25) is 5.02 Å². The molecule has 0 atom stereocenters. The quantitative estimate of drug-likeness (QED) is 0.604. The largest absolute Gasteiger partial charge is 0.325 e. The lowest BCUT2D eigenvalue weighted by Gasteiger charge is -2.12. The Morgan fingerprint density at radius 2 is 1.61 bits per heavy atom. The maximum absolute atomic E-state index is 12.3. The van der Waals surface area contributed by atoms with Crippen LogP contribution in [0.5, 0.6) is 0 Å². The summed E-state index contributed by atoms with van der Waals surface area (Å²) in [5.41, 5.74) is 2.56.